The Morgan fingerprint density at radius 2 is 1.70 bits per heavy atom. The van der Waals surface area contributed by atoms with E-state index in [0.29, 0.717) is 34.0 Å². The highest BCUT2D eigenvalue weighted by molar-refractivity contribution is 5.76. The maximum atomic E-state index is 15.1. The molecule has 2 aromatic heterocycles. The molecule has 5 aromatic rings. The maximum Gasteiger partial charge on any atom is 0.309 e. The molecule has 0 radical (unpaired) electrons. The van der Waals surface area contributed by atoms with Crippen LogP contribution in [0.5, 0.6) is 5.75 Å². The second-order valence-electron chi connectivity index (χ2n) is 11.8. The summed E-state index contributed by atoms with van der Waals surface area (Å²) in [4.78, 5) is 13.7. The summed E-state index contributed by atoms with van der Waals surface area (Å²) in [6.45, 7) is 1.71. The van der Waals surface area contributed by atoms with Gasteiger partial charge in [0.1, 0.15) is 42.3 Å². The van der Waals surface area contributed by atoms with E-state index in [4.69, 9.17) is 9.47 Å². The molecule has 12 heteroatoms. The second-order valence-corrected chi connectivity index (χ2v) is 11.8. The van der Waals surface area contributed by atoms with Gasteiger partial charge in [0.2, 0.25) is 0 Å². The van der Waals surface area contributed by atoms with Crippen molar-refractivity contribution in [2.45, 2.75) is 61.9 Å². The summed E-state index contributed by atoms with van der Waals surface area (Å²) >= 11 is 0. The summed E-state index contributed by atoms with van der Waals surface area (Å²) in [5, 5.41) is 43.1. The fourth-order valence-corrected chi connectivity index (χ4v) is 6.37. The van der Waals surface area contributed by atoms with E-state index in [0.717, 1.165) is 5.56 Å². The van der Waals surface area contributed by atoms with E-state index in [2.05, 4.69) is 15.0 Å². The van der Waals surface area contributed by atoms with Gasteiger partial charge in [0.15, 0.2) is 23.3 Å². The topological polar surface area (TPSA) is 143 Å². The molecule has 4 N–H and O–H groups in total. The molecular formula is C34H32F2N4O6. The van der Waals surface area contributed by atoms with Crippen LogP contribution in [0.4, 0.5) is 8.78 Å². The van der Waals surface area contributed by atoms with E-state index >= 15 is 8.78 Å². The number of imidazole rings is 1. The zero-order valence-electron chi connectivity index (χ0n) is 24.7. The first-order valence-corrected chi connectivity index (χ1v) is 15.0. The van der Waals surface area contributed by atoms with Crippen molar-refractivity contribution in [1.29, 1.82) is 0 Å². The van der Waals surface area contributed by atoms with E-state index < -0.39 is 42.2 Å². The number of benzene rings is 3. The summed E-state index contributed by atoms with van der Waals surface area (Å²) in [5.41, 5.74) is 0.584. The highest BCUT2D eigenvalue weighted by atomic mass is 19.3. The van der Waals surface area contributed by atoms with Gasteiger partial charge >= 0.3 is 5.92 Å². The van der Waals surface area contributed by atoms with E-state index in [1.807, 2.05) is 37.3 Å². The zero-order chi connectivity index (χ0) is 32.2. The van der Waals surface area contributed by atoms with Gasteiger partial charge in [-0.25, -0.2) is 15.0 Å². The molecule has 2 aliphatic rings. The minimum atomic E-state index is -3.76. The fraction of sp³-hybridized carbons (Fsp3) is 0.324. The van der Waals surface area contributed by atoms with Crippen LogP contribution in [0.15, 0.2) is 85.2 Å². The van der Waals surface area contributed by atoms with E-state index in [9.17, 15) is 20.4 Å². The first kappa shape index (κ1) is 30.3. The van der Waals surface area contributed by atoms with Gasteiger partial charge in [0.25, 0.3) is 0 Å². The normalized spacial score (nSPS) is 26.8. The quantitative estimate of drug-likeness (QED) is 0.200. The molecule has 7 rings (SSSR count). The largest absolute Gasteiger partial charge is 0.491 e. The number of halogens is 2. The maximum absolute atomic E-state index is 15.1. The highest BCUT2D eigenvalue weighted by Crippen LogP contribution is 2.56. The lowest BCUT2D eigenvalue weighted by Gasteiger charge is -2.32. The van der Waals surface area contributed by atoms with Gasteiger partial charge in [0, 0.05) is 5.56 Å². The van der Waals surface area contributed by atoms with Crippen molar-refractivity contribution in [3.8, 4) is 17.1 Å². The number of aryl methyl sites for hydroxylation is 2. The third kappa shape index (κ3) is 4.93. The van der Waals surface area contributed by atoms with Crippen molar-refractivity contribution in [2.24, 2.45) is 0 Å². The van der Waals surface area contributed by atoms with Gasteiger partial charge in [0.05, 0.1) is 12.0 Å². The first-order valence-electron chi connectivity index (χ1n) is 15.0. The minimum Gasteiger partial charge on any atom is -0.491 e. The Labute approximate surface area is 262 Å². The monoisotopic (exact) mass is 630 g/mol. The van der Waals surface area contributed by atoms with E-state index in [-0.39, 0.29) is 30.6 Å². The smallest absolute Gasteiger partial charge is 0.309 e. The SMILES string of the molecule is Cc1nc(-c2ccccc2)nc2c1ncn2[C@@H]1O[C@H](COc2cccc(CCC3(O)c4ccccc4C(O)C3(F)F)c2)[C@@H](O)[C@H]1O. The molecule has 46 heavy (non-hydrogen) atoms. The van der Waals surface area contributed by atoms with Crippen molar-refractivity contribution in [1.82, 2.24) is 19.5 Å². The molecule has 1 fully saturated rings. The number of aromatic nitrogens is 4. The molecule has 3 aromatic carbocycles. The summed E-state index contributed by atoms with van der Waals surface area (Å²) in [5.74, 6) is -2.88. The molecule has 0 amide bonds. The van der Waals surface area contributed by atoms with Gasteiger partial charge in [-0.05, 0) is 48.6 Å². The minimum absolute atomic E-state index is 0.0176. The molecule has 0 bridgehead atoms. The fourth-order valence-electron chi connectivity index (χ4n) is 6.37. The molecule has 0 spiro atoms. The summed E-state index contributed by atoms with van der Waals surface area (Å²) < 4.78 is 43.7. The Hall–Kier alpha value is -4.33. The Morgan fingerprint density at radius 1 is 0.935 bits per heavy atom. The molecule has 1 saturated heterocycles. The molecule has 1 aliphatic heterocycles. The Bertz CT molecular complexity index is 1890. The Morgan fingerprint density at radius 3 is 2.50 bits per heavy atom. The molecule has 3 heterocycles. The number of ether oxygens (including phenoxy) is 2. The van der Waals surface area contributed by atoms with Crippen LogP contribution in [0, 0.1) is 6.92 Å². The predicted octanol–water partition coefficient (Wildman–Crippen LogP) is 4.00. The van der Waals surface area contributed by atoms with Gasteiger partial charge in [-0.3, -0.25) is 4.57 Å². The first-order chi connectivity index (χ1) is 22.1. The van der Waals surface area contributed by atoms with Crippen molar-refractivity contribution in [3.05, 3.63) is 108 Å². The number of aliphatic hydroxyl groups excluding tert-OH is 3. The predicted molar refractivity (Wildman–Crippen MR) is 162 cm³/mol. The molecule has 1 aliphatic carbocycles. The molecule has 238 valence electrons. The lowest BCUT2D eigenvalue weighted by molar-refractivity contribution is -0.226. The number of alkyl halides is 2. The zero-order valence-corrected chi connectivity index (χ0v) is 24.7. The molecule has 0 saturated carbocycles. The van der Waals surface area contributed by atoms with Gasteiger partial charge < -0.3 is 29.9 Å². The number of fused-ring (bicyclic) bond motifs is 2. The lowest BCUT2D eigenvalue weighted by Crippen LogP contribution is -2.44. The van der Waals surface area contributed by atoms with Crippen LogP contribution in [-0.2, 0) is 16.8 Å². The van der Waals surface area contributed by atoms with Crippen LogP contribution >= 0.6 is 0 Å². The molecule has 6 atom stereocenters. The number of rotatable bonds is 8. The number of hydrogen-bond acceptors (Lipinski definition) is 9. The van der Waals surface area contributed by atoms with Crippen LogP contribution in [0.1, 0.15) is 41.1 Å². The average molecular weight is 631 g/mol. The van der Waals surface area contributed by atoms with Crippen LogP contribution in [0.2, 0.25) is 0 Å². The number of nitrogens with zero attached hydrogens (tertiary/aromatic N) is 4. The second kappa shape index (κ2) is 11.5. The van der Waals surface area contributed by atoms with Crippen LogP contribution < -0.4 is 4.74 Å². The standard InChI is InChI=1S/C34H32F2N4O6/c1-19-26-31(39-30(38-19)21-9-3-2-4-10-21)40(18-37-26)32-28(42)27(41)25(46-32)17-45-22-11-7-8-20(16-22)14-15-33(44)24-13-6-5-12-23(24)29(43)34(33,35)36/h2-13,16,18,25,27-29,32,41-44H,14-15,17H2,1H3/t25-,27-,28-,29?,32-,33?/m1/s1. The summed E-state index contributed by atoms with van der Waals surface area (Å²) in [6.07, 6.45) is -5.35. The molecule has 10 nitrogen and oxygen atoms in total. The summed E-state index contributed by atoms with van der Waals surface area (Å²) in [6, 6.07) is 22.1. The summed E-state index contributed by atoms with van der Waals surface area (Å²) in [7, 11) is 0. The third-order valence-corrected chi connectivity index (χ3v) is 8.92. The average Bonchev–Trinajstić information content (AvgIpc) is 3.66. The number of aliphatic hydroxyl groups is 4. The Balaban J connectivity index is 1.04. The third-order valence-electron chi connectivity index (χ3n) is 8.92. The number of hydrogen-bond donors (Lipinski definition) is 4. The molecular weight excluding hydrogens is 598 g/mol. The van der Waals surface area contributed by atoms with Crippen molar-refractivity contribution in [3.63, 3.8) is 0 Å². The molecule has 2 unspecified atom stereocenters. The van der Waals surface area contributed by atoms with Crippen molar-refractivity contribution < 1.29 is 38.7 Å². The van der Waals surface area contributed by atoms with Gasteiger partial charge in [-0.15, -0.1) is 0 Å². The van der Waals surface area contributed by atoms with Gasteiger partial charge in [-0.2, -0.15) is 8.78 Å². The van der Waals surface area contributed by atoms with Crippen LogP contribution in [-0.4, -0.2) is 70.8 Å². The van der Waals surface area contributed by atoms with Crippen molar-refractivity contribution in [2.75, 3.05) is 6.61 Å². The van der Waals surface area contributed by atoms with Crippen LogP contribution in [0.25, 0.3) is 22.6 Å². The van der Waals surface area contributed by atoms with E-state index in [1.165, 1.54) is 18.5 Å². The Kier molecular flexibility index (Phi) is 7.57. The highest BCUT2D eigenvalue weighted by Gasteiger charge is 2.64. The van der Waals surface area contributed by atoms with E-state index in [1.54, 1.807) is 41.0 Å². The van der Waals surface area contributed by atoms with Crippen LogP contribution in [0.3, 0.4) is 0 Å². The lowest BCUT2D eigenvalue weighted by atomic mass is 9.86. The van der Waals surface area contributed by atoms with Gasteiger partial charge in [-0.1, -0.05) is 66.7 Å². The van der Waals surface area contributed by atoms with Crippen molar-refractivity contribution >= 4 is 11.2 Å².